The molecule has 5 nitrogen and oxygen atoms in total. The molecule has 1 fully saturated rings. The van der Waals surface area contributed by atoms with Gasteiger partial charge >= 0.3 is 0 Å². The first-order chi connectivity index (χ1) is 12.5. The van der Waals surface area contributed by atoms with E-state index in [0.29, 0.717) is 12.3 Å². The molecule has 0 saturated carbocycles. The smallest absolute Gasteiger partial charge is 0.236 e. The SMILES string of the molecule is CC.CNCC(=O)N1CCN(CCCCCCCCC(=O)C(C)C)CC1. The second-order valence-electron chi connectivity index (χ2n) is 7.25. The Kier molecular flexibility index (Phi) is 15.7. The number of ketones is 1. The Labute approximate surface area is 161 Å². The van der Waals surface area contributed by atoms with E-state index in [4.69, 9.17) is 0 Å². The summed E-state index contributed by atoms with van der Waals surface area (Å²) in [7, 11) is 1.82. The van der Waals surface area contributed by atoms with Gasteiger partial charge in [-0.3, -0.25) is 14.5 Å². The summed E-state index contributed by atoms with van der Waals surface area (Å²) in [6.07, 6.45) is 8.04. The summed E-state index contributed by atoms with van der Waals surface area (Å²) in [5.74, 6) is 0.814. The Morgan fingerprint density at radius 1 is 0.885 bits per heavy atom. The summed E-state index contributed by atoms with van der Waals surface area (Å²) in [6.45, 7) is 13.3. The molecular weight excluding hydrogens is 326 g/mol. The van der Waals surface area contributed by atoms with Crippen LogP contribution in [0.25, 0.3) is 0 Å². The van der Waals surface area contributed by atoms with E-state index < -0.39 is 0 Å². The van der Waals surface area contributed by atoms with E-state index in [1.165, 1.54) is 32.1 Å². The number of Topliss-reactive ketones (excluding diaryl/α,β-unsaturated/α-hetero) is 1. The van der Waals surface area contributed by atoms with Crippen molar-refractivity contribution >= 4 is 11.7 Å². The summed E-state index contributed by atoms with van der Waals surface area (Å²) in [6, 6.07) is 0. The highest BCUT2D eigenvalue weighted by Crippen LogP contribution is 2.11. The van der Waals surface area contributed by atoms with Crippen LogP contribution in [0.5, 0.6) is 0 Å². The Bertz CT molecular complexity index is 364. The lowest BCUT2D eigenvalue weighted by Gasteiger charge is -2.34. The minimum absolute atomic E-state index is 0.194. The summed E-state index contributed by atoms with van der Waals surface area (Å²) in [4.78, 5) is 27.8. The molecule has 1 rings (SSSR count). The molecule has 0 atom stereocenters. The molecule has 1 aliphatic rings. The van der Waals surface area contributed by atoms with Crippen LogP contribution in [0.15, 0.2) is 0 Å². The Morgan fingerprint density at radius 3 is 1.96 bits per heavy atom. The third-order valence-electron chi connectivity index (χ3n) is 4.84. The second kappa shape index (κ2) is 16.2. The predicted octanol–water partition coefficient (Wildman–Crippen LogP) is 3.33. The fourth-order valence-corrected chi connectivity index (χ4v) is 3.11. The molecule has 1 aliphatic heterocycles. The quantitative estimate of drug-likeness (QED) is 0.536. The average Bonchev–Trinajstić information content (AvgIpc) is 2.65. The van der Waals surface area contributed by atoms with Gasteiger partial charge in [-0.25, -0.2) is 0 Å². The molecule has 0 bridgehead atoms. The van der Waals surface area contributed by atoms with Gasteiger partial charge < -0.3 is 10.2 Å². The topological polar surface area (TPSA) is 52.7 Å². The Hall–Kier alpha value is -0.940. The molecule has 0 aliphatic carbocycles. The van der Waals surface area contributed by atoms with Crippen molar-refractivity contribution in [3.63, 3.8) is 0 Å². The molecule has 0 spiro atoms. The van der Waals surface area contributed by atoms with E-state index in [0.717, 1.165) is 45.6 Å². The molecule has 1 saturated heterocycles. The van der Waals surface area contributed by atoms with Crippen molar-refractivity contribution in [2.75, 3.05) is 46.3 Å². The number of hydrogen-bond acceptors (Lipinski definition) is 4. The number of carbonyl (C=O) groups is 2. The monoisotopic (exact) mass is 369 g/mol. The van der Waals surface area contributed by atoms with Gasteiger partial charge in [0.05, 0.1) is 6.54 Å². The van der Waals surface area contributed by atoms with Crippen LogP contribution in [0.1, 0.15) is 72.6 Å². The standard InChI is InChI=1S/C19H37N3O2.C2H6/c1-17(2)18(23)10-8-6-4-5-7-9-11-21-12-14-22(15-13-21)19(24)16-20-3;1-2/h17,20H,4-16H2,1-3H3;1-2H3. The zero-order chi connectivity index (χ0) is 19.8. The molecule has 0 unspecified atom stereocenters. The number of nitrogens with zero attached hydrogens (tertiary/aromatic N) is 2. The molecule has 26 heavy (non-hydrogen) atoms. The fraction of sp³-hybridized carbons (Fsp3) is 0.905. The summed E-state index contributed by atoms with van der Waals surface area (Å²) >= 11 is 0. The van der Waals surface area contributed by atoms with Gasteiger partial charge in [-0.05, 0) is 26.4 Å². The molecule has 1 heterocycles. The fourth-order valence-electron chi connectivity index (χ4n) is 3.11. The van der Waals surface area contributed by atoms with Crippen LogP contribution >= 0.6 is 0 Å². The highest BCUT2D eigenvalue weighted by Gasteiger charge is 2.19. The molecule has 0 radical (unpaired) electrons. The van der Waals surface area contributed by atoms with E-state index in [1.807, 2.05) is 39.6 Å². The first kappa shape index (κ1) is 25.1. The van der Waals surface area contributed by atoms with Crippen molar-refractivity contribution in [1.29, 1.82) is 0 Å². The third kappa shape index (κ3) is 11.6. The van der Waals surface area contributed by atoms with Crippen molar-refractivity contribution in [3.05, 3.63) is 0 Å². The first-order valence-corrected chi connectivity index (χ1v) is 10.7. The first-order valence-electron chi connectivity index (χ1n) is 10.7. The number of nitrogens with one attached hydrogen (secondary N) is 1. The highest BCUT2D eigenvalue weighted by molar-refractivity contribution is 5.80. The maximum Gasteiger partial charge on any atom is 0.236 e. The number of rotatable bonds is 12. The van der Waals surface area contributed by atoms with Gasteiger partial charge in [-0.1, -0.05) is 53.4 Å². The van der Waals surface area contributed by atoms with Gasteiger partial charge in [0.2, 0.25) is 5.91 Å². The minimum atomic E-state index is 0.194. The van der Waals surface area contributed by atoms with Gasteiger partial charge in [0.25, 0.3) is 0 Å². The molecule has 154 valence electrons. The lowest BCUT2D eigenvalue weighted by molar-refractivity contribution is -0.131. The molecule has 0 aromatic rings. The molecule has 0 aromatic heterocycles. The van der Waals surface area contributed by atoms with Crippen LogP contribution in [0.2, 0.25) is 0 Å². The lowest BCUT2D eigenvalue weighted by Crippen LogP contribution is -2.50. The van der Waals surface area contributed by atoms with E-state index in [9.17, 15) is 9.59 Å². The number of unbranched alkanes of at least 4 members (excludes halogenated alkanes) is 5. The number of carbonyl (C=O) groups excluding carboxylic acids is 2. The van der Waals surface area contributed by atoms with E-state index in [-0.39, 0.29) is 11.8 Å². The van der Waals surface area contributed by atoms with Crippen LogP contribution in [-0.4, -0.2) is 67.8 Å². The highest BCUT2D eigenvalue weighted by atomic mass is 16.2. The molecule has 0 aromatic carbocycles. The van der Waals surface area contributed by atoms with E-state index in [1.54, 1.807) is 0 Å². The predicted molar refractivity (Wildman–Crippen MR) is 110 cm³/mol. The van der Waals surface area contributed by atoms with Crippen molar-refractivity contribution < 1.29 is 9.59 Å². The van der Waals surface area contributed by atoms with Crippen molar-refractivity contribution in [2.24, 2.45) is 5.92 Å². The van der Waals surface area contributed by atoms with Gasteiger partial charge in [-0.15, -0.1) is 0 Å². The van der Waals surface area contributed by atoms with Crippen LogP contribution in [-0.2, 0) is 9.59 Å². The Morgan fingerprint density at radius 2 is 1.42 bits per heavy atom. The van der Waals surface area contributed by atoms with Gasteiger partial charge in [-0.2, -0.15) is 0 Å². The molecule has 1 N–H and O–H groups in total. The maximum atomic E-state index is 11.8. The van der Waals surface area contributed by atoms with Gasteiger partial charge in [0.1, 0.15) is 5.78 Å². The van der Waals surface area contributed by atoms with Crippen LogP contribution in [0.4, 0.5) is 0 Å². The average molecular weight is 370 g/mol. The zero-order valence-corrected chi connectivity index (χ0v) is 18.0. The third-order valence-corrected chi connectivity index (χ3v) is 4.84. The number of amides is 1. The Balaban J connectivity index is 0.00000301. The van der Waals surface area contributed by atoms with Gasteiger partial charge in [0.15, 0.2) is 0 Å². The molecule has 1 amide bonds. The van der Waals surface area contributed by atoms with E-state index >= 15 is 0 Å². The number of piperazine rings is 1. The molecular formula is C21H43N3O2. The summed E-state index contributed by atoms with van der Waals surface area (Å²) < 4.78 is 0. The largest absolute Gasteiger partial charge is 0.339 e. The zero-order valence-electron chi connectivity index (χ0n) is 18.0. The normalized spacial score (nSPS) is 14.9. The van der Waals surface area contributed by atoms with Crippen molar-refractivity contribution in [2.45, 2.75) is 72.6 Å². The number of hydrogen-bond donors (Lipinski definition) is 1. The van der Waals surface area contributed by atoms with Crippen LogP contribution < -0.4 is 5.32 Å². The van der Waals surface area contributed by atoms with Crippen molar-refractivity contribution in [3.8, 4) is 0 Å². The van der Waals surface area contributed by atoms with E-state index in [2.05, 4.69) is 10.2 Å². The summed E-state index contributed by atoms with van der Waals surface area (Å²) in [5, 5.41) is 2.93. The maximum absolute atomic E-state index is 11.8. The molecule has 5 heteroatoms. The van der Waals surface area contributed by atoms with Gasteiger partial charge in [0, 0.05) is 38.5 Å². The van der Waals surface area contributed by atoms with Crippen LogP contribution in [0.3, 0.4) is 0 Å². The van der Waals surface area contributed by atoms with Crippen LogP contribution in [0, 0.1) is 5.92 Å². The van der Waals surface area contributed by atoms with Crippen molar-refractivity contribution in [1.82, 2.24) is 15.1 Å². The second-order valence-corrected chi connectivity index (χ2v) is 7.25. The lowest BCUT2D eigenvalue weighted by atomic mass is 10.0. The minimum Gasteiger partial charge on any atom is -0.339 e. The summed E-state index contributed by atoms with van der Waals surface area (Å²) in [5.41, 5.74) is 0. The number of likely N-dealkylation sites (N-methyl/N-ethyl adjacent to an activating group) is 1.